The minimum Gasteiger partial charge on any atom is -0.496 e. The molecule has 0 spiro atoms. The predicted octanol–water partition coefficient (Wildman–Crippen LogP) is 3.30. The number of rotatable bonds is 8. The summed E-state index contributed by atoms with van der Waals surface area (Å²) >= 11 is 0. The van der Waals surface area contributed by atoms with E-state index in [-0.39, 0.29) is 4.90 Å². The first kappa shape index (κ1) is 21.7. The largest absolute Gasteiger partial charge is 0.496 e. The van der Waals surface area contributed by atoms with E-state index >= 15 is 0 Å². The molecule has 2 aromatic rings. The van der Waals surface area contributed by atoms with Crippen LogP contribution in [-0.4, -0.2) is 45.9 Å². The molecule has 1 N–H and O–H groups in total. The minimum absolute atomic E-state index is 0.132. The van der Waals surface area contributed by atoms with Gasteiger partial charge in [0.2, 0.25) is 10.0 Å². The van der Waals surface area contributed by atoms with Gasteiger partial charge in [-0.3, -0.25) is 4.79 Å². The molecular formula is C20H26N2O5S. The molecule has 0 atom stereocenters. The van der Waals surface area contributed by atoms with Gasteiger partial charge in [-0.1, -0.05) is 19.9 Å². The average molecular weight is 407 g/mol. The van der Waals surface area contributed by atoms with Crippen molar-refractivity contribution in [1.82, 2.24) is 4.31 Å². The summed E-state index contributed by atoms with van der Waals surface area (Å²) in [5.41, 5.74) is 1.52. The van der Waals surface area contributed by atoms with Crippen LogP contribution in [-0.2, 0) is 10.0 Å². The van der Waals surface area contributed by atoms with Crippen molar-refractivity contribution < 1.29 is 22.7 Å². The summed E-state index contributed by atoms with van der Waals surface area (Å²) in [5.74, 6) is 0.665. The summed E-state index contributed by atoms with van der Waals surface area (Å²) in [4.78, 5) is 12.8. The molecule has 0 radical (unpaired) electrons. The summed E-state index contributed by atoms with van der Waals surface area (Å²) in [5, 5.41) is 2.73. The standard InChI is InChI=1S/C20H26N2O5S/c1-6-22(7-2)28(24,25)17-10-8-9-16(13-17)21-20(23)15-11-18(26-4)14(3)19(12-15)27-5/h8-13H,6-7H2,1-5H3,(H,21,23). The first-order valence-corrected chi connectivity index (χ1v) is 10.4. The molecule has 0 saturated heterocycles. The van der Waals surface area contributed by atoms with Crippen LogP contribution in [0.2, 0.25) is 0 Å². The lowest BCUT2D eigenvalue weighted by Crippen LogP contribution is -2.30. The SMILES string of the molecule is CCN(CC)S(=O)(=O)c1cccc(NC(=O)c2cc(OC)c(C)c(OC)c2)c1. The number of carbonyl (C=O) groups is 1. The fourth-order valence-corrected chi connectivity index (χ4v) is 4.37. The molecule has 0 fully saturated rings. The van der Waals surface area contributed by atoms with Gasteiger partial charge in [0, 0.05) is 29.9 Å². The van der Waals surface area contributed by atoms with Crippen molar-refractivity contribution in [2.75, 3.05) is 32.6 Å². The lowest BCUT2D eigenvalue weighted by molar-refractivity contribution is 0.102. The van der Waals surface area contributed by atoms with Gasteiger partial charge in [-0.15, -0.1) is 0 Å². The maximum absolute atomic E-state index is 12.7. The molecule has 0 bridgehead atoms. The Bertz CT molecular complexity index is 928. The number of sulfonamides is 1. The number of methoxy groups -OCH3 is 2. The molecule has 0 unspecified atom stereocenters. The summed E-state index contributed by atoms with van der Waals surface area (Å²) in [6, 6.07) is 9.44. The predicted molar refractivity (Wildman–Crippen MR) is 109 cm³/mol. The monoisotopic (exact) mass is 406 g/mol. The quantitative estimate of drug-likeness (QED) is 0.727. The fourth-order valence-electron chi connectivity index (χ4n) is 2.87. The molecule has 0 aliphatic rings. The lowest BCUT2D eigenvalue weighted by atomic mass is 10.1. The van der Waals surface area contributed by atoms with Crippen molar-refractivity contribution in [2.45, 2.75) is 25.7 Å². The topological polar surface area (TPSA) is 84.9 Å². The average Bonchev–Trinajstić information content (AvgIpc) is 2.69. The summed E-state index contributed by atoms with van der Waals surface area (Å²) in [7, 11) is -0.571. The third kappa shape index (κ3) is 4.45. The van der Waals surface area contributed by atoms with E-state index < -0.39 is 15.9 Å². The van der Waals surface area contributed by atoms with Gasteiger partial charge in [0.15, 0.2) is 0 Å². The molecule has 0 heterocycles. The number of amides is 1. The first-order chi connectivity index (χ1) is 13.3. The Morgan fingerprint density at radius 1 is 1.04 bits per heavy atom. The van der Waals surface area contributed by atoms with E-state index in [1.54, 1.807) is 38.1 Å². The molecule has 152 valence electrons. The van der Waals surface area contributed by atoms with Gasteiger partial charge in [-0.25, -0.2) is 8.42 Å². The van der Waals surface area contributed by atoms with Gasteiger partial charge < -0.3 is 14.8 Å². The Morgan fingerprint density at radius 3 is 2.11 bits per heavy atom. The molecule has 0 aliphatic heterocycles. The van der Waals surface area contributed by atoms with Gasteiger partial charge in [0.1, 0.15) is 11.5 Å². The number of ether oxygens (including phenoxy) is 2. The Balaban J connectivity index is 2.33. The summed E-state index contributed by atoms with van der Waals surface area (Å²) in [6.07, 6.45) is 0. The fraction of sp³-hybridized carbons (Fsp3) is 0.350. The van der Waals surface area contributed by atoms with E-state index in [4.69, 9.17) is 9.47 Å². The van der Waals surface area contributed by atoms with Crippen LogP contribution in [0.15, 0.2) is 41.3 Å². The zero-order valence-corrected chi connectivity index (χ0v) is 17.6. The van der Waals surface area contributed by atoms with Crippen LogP contribution < -0.4 is 14.8 Å². The van der Waals surface area contributed by atoms with Crippen LogP contribution in [0.4, 0.5) is 5.69 Å². The first-order valence-electron chi connectivity index (χ1n) is 8.92. The van der Waals surface area contributed by atoms with Crippen molar-refractivity contribution in [3.63, 3.8) is 0 Å². The normalized spacial score (nSPS) is 11.4. The number of nitrogens with one attached hydrogen (secondary N) is 1. The smallest absolute Gasteiger partial charge is 0.255 e. The van der Waals surface area contributed by atoms with Crippen molar-refractivity contribution in [1.29, 1.82) is 0 Å². The van der Waals surface area contributed by atoms with Crippen LogP contribution in [0.1, 0.15) is 29.8 Å². The summed E-state index contributed by atoms with van der Waals surface area (Å²) < 4.78 is 37.3. The Morgan fingerprint density at radius 2 is 1.61 bits per heavy atom. The second-order valence-corrected chi connectivity index (χ2v) is 8.01. The van der Waals surface area contributed by atoms with E-state index in [1.807, 2.05) is 6.92 Å². The van der Waals surface area contributed by atoms with Gasteiger partial charge >= 0.3 is 0 Å². The second-order valence-electron chi connectivity index (χ2n) is 6.08. The molecular weight excluding hydrogens is 380 g/mol. The molecule has 2 rings (SSSR count). The van der Waals surface area contributed by atoms with E-state index in [9.17, 15) is 13.2 Å². The number of hydrogen-bond donors (Lipinski definition) is 1. The van der Waals surface area contributed by atoms with Crippen molar-refractivity contribution in [3.8, 4) is 11.5 Å². The van der Waals surface area contributed by atoms with Crippen LogP contribution in [0.5, 0.6) is 11.5 Å². The van der Waals surface area contributed by atoms with E-state index in [2.05, 4.69) is 5.32 Å². The maximum Gasteiger partial charge on any atom is 0.255 e. The molecule has 0 aliphatic carbocycles. The van der Waals surface area contributed by atoms with Crippen LogP contribution >= 0.6 is 0 Å². The summed E-state index contributed by atoms with van der Waals surface area (Å²) in [6.45, 7) is 6.15. The molecule has 28 heavy (non-hydrogen) atoms. The van der Waals surface area contributed by atoms with Crippen LogP contribution in [0.25, 0.3) is 0 Å². The third-order valence-corrected chi connectivity index (χ3v) is 6.50. The number of carbonyl (C=O) groups excluding carboxylic acids is 1. The van der Waals surface area contributed by atoms with E-state index in [0.29, 0.717) is 35.8 Å². The van der Waals surface area contributed by atoms with Crippen molar-refractivity contribution in [2.24, 2.45) is 0 Å². The Labute approximate surface area is 166 Å². The molecule has 8 heteroatoms. The van der Waals surface area contributed by atoms with Gasteiger partial charge in [-0.05, 0) is 37.3 Å². The Kier molecular flexibility index (Phi) is 7.04. The Hall–Kier alpha value is -2.58. The minimum atomic E-state index is -3.61. The molecule has 7 nitrogen and oxygen atoms in total. The van der Waals surface area contributed by atoms with Gasteiger partial charge in [-0.2, -0.15) is 4.31 Å². The van der Waals surface area contributed by atoms with E-state index in [0.717, 1.165) is 5.56 Å². The third-order valence-electron chi connectivity index (χ3n) is 4.45. The lowest BCUT2D eigenvalue weighted by Gasteiger charge is -2.19. The molecule has 0 saturated carbocycles. The molecule has 1 amide bonds. The van der Waals surface area contributed by atoms with Crippen LogP contribution in [0.3, 0.4) is 0 Å². The molecule has 0 aromatic heterocycles. The highest BCUT2D eigenvalue weighted by Gasteiger charge is 2.22. The highest BCUT2D eigenvalue weighted by Crippen LogP contribution is 2.30. The number of nitrogens with zero attached hydrogens (tertiary/aromatic N) is 1. The van der Waals surface area contributed by atoms with Gasteiger partial charge in [0.25, 0.3) is 5.91 Å². The zero-order chi connectivity index (χ0) is 20.9. The van der Waals surface area contributed by atoms with E-state index in [1.165, 1.54) is 30.7 Å². The number of benzene rings is 2. The zero-order valence-electron chi connectivity index (χ0n) is 16.8. The highest BCUT2D eigenvalue weighted by molar-refractivity contribution is 7.89. The van der Waals surface area contributed by atoms with Gasteiger partial charge in [0.05, 0.1) is 19.1 Å². The van der Waals surface area contributed by atoms with Crippen molar-refractivity contribution in [3.05, 3.63) is 47.5 Å². The number of anilines is 1. The van der Waals surface area contributed by atoms with Crippen molar-refractivity contribution >= 4 is 21.6 Å². The second kappa shape index (κ2) is 9.07. The van der Waals surface area contributed by atoms with Crippen LogP contribution in [0, 0.1) is 6.92 Å². The highest BCUT2D eigenvalue weighted by atomic mass is 32.2. The number of hydrogen-bond acceptors (Lipinski definition) is 5. The molecule has 2 aromatic carbocycles. The maximum atomic E-state index is 12.7.